The van der Waals surface area contributed by atoms with Gasteiger partial charge in [-0.15, -0.1) is 0 Å². The van der Waals surface area contributed by atoms with Crippen LogP contribution >= 0.6 is 0 Å². The van der Waals surface area contributed by atoms with E-state index in [9.17, 15) is 5.11 Å². The zero-order chi connectivity index (χ0) is 14.1. The molecule has 3 rings (SSSR count). The normalized spacial score (nSPS) is 15.6. The maximum absolute atomic E-state index is 9.36. The smallest absolute Gasteiger partial charge is 0.0636 e. The second-order valence-electron chi connectivity index (χ2n) is 5.73. The zero-order valence-electron chi connectivity index (χ0n) is 12.1. The Bertz CT molecular complexity index is 619. The van der Waals surface area contributed by atoms with Crippen molar-refractivity contribution in [1.29, 1.82) is 0 Å². The molecule has 1 aliphatic carbocycles. The summed E-state index contributed by atoms with van der Waals surface area (Å²) in [5.41, 5.74) is 6.86. The molecule has 104 valence electrons. The first-order valence-electron chi connectivity index (χ1n) is 7.27. The van der Waals surface area contributed by atoms with Crippen LogP contribution in [0.25, 0.3) is 11.1 Å². The molecule has 0 heterocycles. The lowest BCUT2D eigenvalue weighted by atomic mass is 10.0. The molecule has 0 saturated carbocycles. The lowest BCUT2D eigenvalue weighted by molar-refractivity contribution is 0.187. The van der Waals surface area contributed by atoms with Crippen molar-refractivity contribution in [3.8, 4) is 11.1 Å². The number of nitrogens with one attached hydrogen (secondary N) is 1. The second kappa shape index (κ2) is 5.39. The van der Waals surface area contributed by atoms with Crippen LogP contribution in [0.3, 0.4) is 0 Å². The van der Waals surface area contributed by atoms with Crippen molar-refractivity contribution in [3.05, 3.63) is 59.2 Å². The highest BCUT2D eigenvalue weighted by molar-refractivity contribution is 5.76. The van der Waals surface area contributed by atoms with Gasteiger partial charge in [-0.3, -0.25) is 0 Å². The summed E-state index contributed by atoms with van der Waals surface area (Å²) >= 11 is 0. The average molecular weight is 267 g/mol. The second-order valence-corrected chi connectivity index (χ2v) is 5.73. The Kier molecular flexibility index (Phi) is 3.60. The molecule has 2 aromatic carbocycles. The monoisotopic (exact) mass is 267 g/mol. The molecule has 0 aliphatic heterocycles. The number of hydrogen-bond donors (Lipinski definition) is 2. The number of aliphatic hydroxyl groups excluding tert-OH is 1. The molecule has 0 radical (unpaired) electrons. The molecule has 2 heteroatoms. The van der Waals surface area contributed by atoms with Crippen molar-refractivity contribution in [2.24, 2.45) is 0 Å². The van der Waals surface area contributed by atoms with E-state index in [2.05, 4.69) is 54.7 Å². The number of aliphatic hydroxyl groups is 1. The van der Waals surface area contributed by atoms with Crippen molar-refractivity contribution in [2.45, 2.75) is 32.4 Å². The largest absolute Gasteiger partial charge is 0.392 e. The fraction of sp³-hybridized carbons (Fsp3) is 0.333. The minimum Gasteiger partial charge on any atom is -0.392 e. The van der Waals surface area contributed by atoms with Crippen molar-refractivity contribution in [3.63, 3.8) is 0 Å². The fourth-order valence-electron chi connectivity index (χ4n) is 2.90. The van der Waals surface area contributed by atoms with E-state index in [0.29, 0.717) is 6.54 Å². The van der Waals surface area contributed by atoms with Crippen LogP contribution in [-0.2, 0) is 6.42 Å². The van der Waals surface area contributed by atoms with E-state index >= 15 is 0 Å². The van der Waals surface area contributed by atoms with Gasteiger partial charge in [-0.25, -0.2) is 0 Å². The van der Waals surface area contributed by atoms with Gasteiger partial charge in [0.05, 0.1) is 6.10 Å². The molecular weight excluding hydrogens is 246 g/mol. The Morgan fingerprint density at radius 3 is 2.60 bits per heavy atom. The summed E-state index contributed by atoms with van der Waals surface area (Å²) in [4.78, 5) is 0. The Balaban J connectivity index is 1.83. The SMILES string of the molecule is CC(O)CNC(C)c1ccc2c(c1)Cc1ccccc1-2. The van der Waals surface area contributed by atoms with Gasteiger partial charge in [-0.2, -0.15) is 0 Å². The van der Waals surface area contributed by atoms with Crippen LogP contribution in [0.2, 0.25) is 0 Å². The third-order valence-electron chi connectivity index (χ3n) is 4.04. The van der Waals surface area contributed by atoms with Crippen LogP contribution in [0.1, 0.15) is 36.6 Å². The molecule has 0 aromatic heterocycles. The summed E-state index contributed by atoms with van der Waals surface area (Å²) in [6.07, 6.45) is 0.721. The lowest BCUT2D eigenvalue weighted by Gasteiger charge is -2.16. The summed E-state index contributed by atoms with van der Waals surface area (Å²) < 4.78 is 0. The van der Waals surface area contributed by atoms with E-state index in [1.807, 2.05) is 0 Å². The van der Waals surface area contributed by atoms with E-state index in [0.717, 1.165) is 6.42 Å². The summed E-state index contributed by atoms with van der Waals surface area (Å²) in [5.74, 6) is 0. The van der Waals surface area contributed by atoms with Crippen molar-refractivity contribution in [2.75, 3.05) is 6.54 Å². The summed E-state index contributed by atoms with van der Waals surface area (Å²) in [5, 5.41) is 12.7. The third-order valence-corrected chi connectivity index (χ3v) is 4.04. The molecule has 0 fully saturated rings. The maximum Gasteiger partial charge on any atom is 0.0636 e. The predicted molar refractivity (Wildman–Crippen MR) is 82.8 cm³/mol. The van der Waals surface area contributed by atoms with Crippen LogP contribution in [-0.4, -0.2) is 17.8 Å². The molecule has 0 bridgehead atoms. The average Bonchev–Trinajstić information content (AvgIpc) is 2.82. The summed E-state index contributed by atoms with van der Waals surface area (Å²) in [6, 6.07) is 15.6. The Labute approximate surface area is 120 Å². The number of benzene rings is 2. The lowest BCUT2D eigenvalue weighted by Crippen LogP contribution is -2.27. The third kappa shape index (κ3) is 2.49. The molecule has 0 saturated heterocycles. The molecule has 2 nitrogen and oxygen atoms in total. The molecule has 20 heavy (non-hydrogen) atoms. The summed E-state index contributed by atoms with van der Waals surface area (Å²) in [6.45, 7) is 4.57. The first-order chi connectivity index (χ1) is 9.65. The quantitative estimate of drug-likeness (QED) is 0.760. The van der Waals surface area contributed by atoms with Crippen LogP contribution in [0.5, 0.6) is 0 Å². The van der Waals surface area contributed by atoms with Gasteiger partial charge in [-0.1, -0.05) is 42.5 Å². The zero-order valence-corrected chi connectivity index (χ0v) is 12.1. The van der Waals surface area contributed by atoms with Crippen molar-refractivity contribution < 1.29 is 5.11 Å². The first kappa shape index (κ1) is 13.3. The van der Waals surface area contributed by atoms with Crippen LogP contribution in [0, 0.1) is 0 Å². The molecule has 2 aromatic rings. The molecule has 0 amide bonds. The van der Waals surface area contributed by atoms with Crippen LogP contribution < -0.4 is 5.32 Å². The predicted octanol–water partition coefficient (Wildman–Crippen LogP) is 3.29. The highest BCUT2D eigenvalue weighted by Crippen LogP contribution is 2.37. The topological polar surface area (TPSA) is 32.3 Å². The van der Waals surface area contributed by atoms with Crippen LogP contribution in [0.15, 0.2) is 42.5 Å². The van der Waals surface area contributed by atoms with Gasteiger partial charge in [0, 0.05) is 12.6 Å². The van der Waals surface area contributed by atoms with E-state index in [-0.39, 0.29) is 12.1 Å². The number of fused-ring (bicyclic) bond motifs is 3. The molecule has 1 aliphatic rings. The first-order valence-corrected chi connectivity index (χ1v) is 7.27. The van der Waals surface area contributed by atoms with Gasteiger partial charge in [0.2, 0.25) is 0 Å². The minimum absolute atomic E-state index is 0.263. The Hall–Kier alpha value is -1.64. The Morgan fingerprint density at radius 1 is 1.05 bits per heavy atom. The van der Waals surface area contributed by atoms with Gasteiger partial charge in [0.1, 0.15) is 0 Å². The molecule has 2 N–H and O–H groups in total. The van der Waals surface area contributed by atoms with Gasteiger partial charge in [0.15, 0.2) is 0 Å². The molecule has 0 spiro atoms. The highest BCUT2D eigenvalue weighted by atomic mass is 16.3. The number of rotatable bonds is 4. The van der Waals surface area contributed by atoms with Crippen LogP contribution in [0.4, 0.5) is 0 Å². The van der Waals surface area contributed by atoms with Crippen molar-refractivity contribution in [1.82, 2.24) is 5.32 Å². The molecule has 2 atom stereocenters. The van der Waals surface area contributed by atoms with Gasteiger partial charge >= 0.3 is 0 Å². The minimum atomic E-state index is -0.309. The number of hydrogen-bond acceptors (Lipinski definition) is 2. The highest BCUT2D eigenvalue weighted by Gasteiger charge is 2.18. The molecular formula is C18H21NO. The van der Waals surface area contributed by atoms with E-state index in [1.165, 1.54) is 27.8 Å². The van der Waals surface area contributed by atoms with E-state index in [4.69, 9.17) is 0 Å². The molecule has 2 unspecified atom stereocenters. The van der Waals surface area contributed by atoms with Crippen molar-refractivity contribution >= 4 is 0 Å². The van der Waals surface area contributed by atoms with E-state index in [1.54, 1.807) is 6.92 Å². The fourth-order valence-corrected chi connectivity index (χ4v) is 2.90. The van der Waals surface area contributed by atoms with Gasteiger partial charge < -0.3 is 10.4 Å². The maximum atomic E-state index is 9.36. The van der Waals surface area contributed by atoms with Gasteiger partial charge in [-0.05, 0) is 48.1 Å². The van der Waals surface area contributed by atoms with E-state index < -0.39 is 0 Å². The Morgan fingerprint density at radius 2 is 1.80 bits per heavy atom. The summed E-state index contributed by atoms with van der Waals surface area (Å²) in [7, 11) is 0. The van der Waals surface area contributed by atoms with Gasteiger partial charge in [0.25, 0.3) is 0 Å². The standard InChI is InChI=1S/C18H21NO/c1-12(20)11-19-13(2)14-7-8-18-16(9-14)10-15-5-3-4-6-17(15)18/h3-9,12-13,19-20H,10-11H2,1-2H3.